The van der Waals surface area contributed by atoms with E-state index in [2.05, 4.69) is 16.4 Å². The van der Waals surface area contributed by atoms with E-state index in [1.165, 1.54) is 31.9 Å². The first-order valence-electron chi connectivity index (χ1n) is 18.1. The van der Waals surface area contributed by atoms with Gasteiger partial charge in [-0.05, 0) is 71.9 Å². The summed E-state index contributed by atoms with van der Waals surface area (Å²) >= 11 is 0. The van der Waals surface area contributed by atoms with Crippen LogP contribution in [0.4, 0.5) is 22.7 Å². The van der Waals surface area contributed by atoms with Crippen molar-refractivity contribution in [2.75, 3.05) is 38.0 Å². The minimum absolute atomic E-state index is 0.0333. The van der Waals surface area contributed by atoms with Gasteiger partial charge in [-0.1, -0.05) is 24.3 Å². The molecular weight excluding hydrogens is 702 g/mol. The smallest absolute Gasteiger partial charge is 0.270 e. The number of para-hydroxylation sites is 1. The van der Waals surface area contributed by atoms with Crippen LogP contribution in [-0.4, -0.2) is 61.7 Å². The van der Waals surface area contributed by atoms with Crippen LogP contribution in [0.5, 0.6) is 23.0 Å². The van der Waals surface area contributed by atoms with Crippen LogP contribution in [0.2, 0.25) is 0 Å². The number of carbonyl (C=O) groups is 2. The molecule has 0 spiro atoms. The van der Waals surface area contributed by atoms with Gasteiger partial charge in [-0.25, -0.2) is 0 Å². The number of nitro groups is 1. The fourth-order valence-corrected chi connectivity index (χ4v) is 7.70. The summed E-state index contributed by atoms with van der Waals surface area (Å²) in [6, 6.07) is 18.9. The Hall–Kier alpha value is -6.63. The number of hydrogen-bond acceptors (Lipinski definition) is 10. The van der Waals surface area contributed by atoms with Crippen molar-refractivity contribution in [3.8, 4) is 23.0 Å². The number of benzene rings is 4. The molecule has 2 amide bonds. The van der Waals surface area contributed by atoms with Gasteiger partial charge in [0, 0.05) is 61.9 Å². The molecule has 13 heteroatoms. The number of anilines is 2. The van der Waals surface area contributed by atoms with Gasteiger partial charge in [0.05, 0.1) is 47.7 Å². The van der Waals surface area contributed by atoms with Crippen LogP contribution in [0.15, 0.2) is 95.1 Å². The average Bonchev–Trinajstić information content (AvgIpc) is 3.78. The molecule has 0 bridgehead atoms. The number of allylic oxidation sites excluding steroid dienone is 2. The lowest BCUT2D eigenvalue weighted by Crippen LogP contribution is -2.37. The molecule has 1 aliphatic carbocycles. The first-order valence-corrected chi connectivity index (χ1v) is 18.1. The van der Waals surface area contributed by atoms with Crippen molar-refractivity contribution in [1.29, 1.82) is 0 Å². The summed E-state index contributed by atoms with van der Waals surface area (Å²) in [5.74, 6) is 1.05. The third kappa shape index (κ3) is 6.62. The number of non-ortho nitro benzene ring substituents is 1. The lowest BCUT2D eigenvalue weighted by Gasteiger charge is -2.22. The number of amides is 2. The molecule has 13 nitrogen and oxygen atoms in total. The third-order valence-corrected chi connectivity index (χ3v) is 10.4. The Morgan fingerprint density at radius 1 is 0.945 bits per heavy atom. The van der Waals surface area contributed by atoms with Crippen molar-refractivity contribution in [1.82, 2.24) is 4.90 Å². The van der Waals surface area contributed by atoms with E-state index in [9.17, 15) is 19.7 Å². The highest BCUT2D eigenvalue weighted by Crippen LogP contribution is 2.42. The van der Waals surface area contributed by atoms with Crippen molar-refractivity contribution in [3.63, 3.8) is 0 Å². The third-order valence-electron chi connectivity index (χ3n) is 10.4. The minimum Gasteiger partial charge on any atom is -0.493 e. The minimum atomic E-state index is -0.471. The zero-order chi connectivity index (χ0) is 38.2. The van der Waals surface area contributed by atoms with Gasteiger partial charge in [-0.3, -0.25) is 29.6 Å². The molecule has 0 radical (unpaired) electrons. The number of nitro benzene ring substituents is 1. The van der Waals surface area contributed by atoms with Crippen LogP contribution in [0.1, 0.15) is 56.7 Å². The zero-order valence-electron chi connectivity index (χ0n) is 30.7. The van der Waals surface area contributed by atoms with Gasteiger partial charge < -0.3 is 29.2 Å². The van der Waals surface area contributed by atoms with Crippen molar-refractivity contribution in [2.24, 2.45) is 4.99 Å². The predicted molar refractivity (Wildman–Crippen MR) is 207 cm³/mol. The highest BCUT2D eigenvalue weighted by atomic mass is 16.6. The maximum Gasteiger partial charge on any atom is 0.270 e. The first-order chi connectivity index (χ1) is 26.8. The Bertz CT molecular complexity index is 2330. The highest BCUT2D eigenvalue weighted by molar-refractivity contribution is 6.14. The van der Waals surface area contributed by atoms with E-state index < -0.39 is 4.92 Å². The molecule has 1 unspecified atom stereocenters. The van der Waals surface area contributed by atoms with Gasteiger partial charge in [0.15, 0.2) is 23.0 Å². The van der Waals surface area contributed by atoms with Gasteiger partial charge in [0.25, 0.3) is 17.5 Å². The summed E-state index contributed by atoms with van der Waals surface area (Å²) in [5, 5.41) is 15.1. The van der Waals surface area contributed by atoms with E-state index in [0.29, 0.717) is 69.6 Å². The second-order valence-electron chi connectivity index (χ2n) is 13.7. The lowest BCUT2D eigenvalue weighted by molar-refractivity contribution is -0.385. The quantitative estimate of drug-likeness (QED) is 0.122. The summed E-state index contributed by atoms with van der Waals surface area (Å²) in [4.78, 5) is 47.4. The Kier molecular flexibility index (Phi) is 9.43. The van der Waals surface area contributed by atoms with Crippen molar-refractivity contribution >= 4 is 40.8 Å². The number of ether oxygens (including phenoxy) is 4. The largest absolute Gasteiger partial charge is 0.493 e. The molecule has 0 fully saturated rings. The van der Waals surface area contributed by atoms with Gasteiger partial charge in [-0.15, -0.1) is 0 Å². The Morgan fingerprint density at radius 2 is 1.67 bits per heavy atom. The molecule has 280 valence electrons. The first kappa shape index (κ1) is 35.4. The van der Waals surface area contributed by atoms with Gasteiger partial charge in [-0.2, -0.15) is 0 Å². The summed E-state index contributed by atoms with van der Waals surface area (Å²) in [6.45, 7) is 0.545. The predicted octanol–water partition coefficient (Wildman–Crippen LogP) is 7.55. The van der Waals surface area contributed by atoms with E-state index >= 15 is 0 Å². The number of carbonyl (C=O) groups excluding carboxylic acids is 2. The van der Waals surface area contributed by atoms with E-state index in [-0.39, 0.29) is 36.8 Å². The second kappa shape index (κ2) is 14.7. The molecule has 3 heterocycles. The highest BCUT2D eigenvalue weighted by Gasteiger charge is 2.36. The number of nitrogens with zero attached hydrogens (tertiary/aromatic N) is 4. The summed E-state index contributed by atoms with van der Waals surface area (Å²) in [6.07, 6.45) is 9.38. The Balaban J connectivity index is 1.01. The number of methoxy groups -OCH3 is 2. The molecular formula is C42H39N5O8. The molecule has 4 aromatic carbocycles. The Labute approximate surface area is 317 Å². The summed E-state index contributed by atoms with van der Waals surface area (Å²) in [5.41, 5.74) is 6.95. The van der Waals surface area contributed by atoms with Crippen LogP contribution >= 0.6 is 0 Å². The second-order valence-corrected chi connectivity index (χ2v) is 13.7. The molecule has 0 aromatic heterocycles. The van der Waals surface area contributed by atoms with Crippen LogP contribution < -0.4 is 29.2 Å². The molecule has 1 N–H and O–H groups in total. The number of aliphatic imine (C=N–C) groups is 1. The fraction of sp³-hybridized carbons (Fsp3) is 0.262. The van der Waals surface area contributed by atoms with Crippen LogP contribution in [-0.2, 0) is 19.6 Å². The molecule has 0 saturated heterocycles. The molecule has 1 atom stereocenters. The van der Waals surface area contributed by atoms with E-state index in [1.807, 2.05) is 35.2 Å². The normalized spacial score (nSPS) is 16.6. The molecule has 55 heavy (non-hydrogen) atoms. The van der Waals surface area contributed by atoms with Crippen LogP contribution in [0.25, 0.3) is 0 Å². The number of rotatable bonds is 11. The number of nitrogens with one attached hydrogen (secondary N) is 1. The number of fused-ring (bicyclic) bond motifs is 4. The van der Waals surface area contributed by atoms with Gasteiger partial charge >= 0.3 is 0 Å². The molecule has 4 aliphatic rings. The van der Waals surface area contributed by atoms with E-state index in [4.69, 9.17) is 18.9 Å². The fourth-order valence-electron chi connectivity index (χ4n) is 7.70. The summed E-state index contributed by atoms with van der Waals surface area (Å²) < 4.78 is 23.7. The molecule has 3 aliphatic heterocycles. The number of hydrogen-bond donors (Lipinski definition) is 1. The topological polar surface area (TPSA) is 145 Å². The average molecular weight is 742 g/mol. The van der Waals surface area contributed by atoms with E-state index in [0.717, 1.165) is 36.2 Å². The SMILES string of the molecule is CNc1cc(OCc2cc(COc3cc4c(cc3OC)C(=O)N3c5ccccc5CC3C=N4)cc([N+](=O)[O-])c2)c(OC)cc1C(=O)N1CCC2=C1C=CCC2. The van der Waals surface area contributed by atoms with Crippen molar-refractivity contribution in [2.45, 2.75) is 44.9 Å². The van der Waals surface area contributed by atoms with Gasteiger partial charge in [0.2, 0.25) is 0 Å². The van der Waals surface area contributed by atoms with Crippen LogP contribution in [0, 0.1) is 10.1 Å². The Morgan fingerprint density at radius 3 is 2.40 bits per heavy atom. The lowest BCUT2D eigenvalue weighted by atomic mass is 10.0. The molecule has 8 rings (SSSR count). The maximum absolute atomic E-state index is 13.8. The van der Waals surface area contributed by atoms with Crippen molar-refractivity contribution in [3.05, 3.63) is 128 Å². The maximum atomic E-state index is 13.8. The summed E-state index contributed by atoms with van der Waals surface area (Å²) in [7, 11) is 4.72. The molecule has 4 aromatic rings. The van der Waals surface area contributed by atoms with E-state index in [1.54, 1.807) is 48.5 Å². The molecule has 0 saturated carbocycles. The van der Waals surface area contributed by atoms with Crippen LogP contribution in [0.3, 0.4) is 0 Å². The standard InChI is InChI=1S/C42H39N5O8/c1-43-33-20-39(37(52-2)18-31(33)41(48)45-13-12-27-8-4-6-10-35(27)45)54-23-25-14-26(16-29(15-25)47(50)51)24-55-40-21-34-32(19-38(40)53-3)42(49)46-30(22-44-34)17-28-9-5-7-11-36(28)46/h5-7,9-11,14-16,18-22,30,43H,4,8,12-13,17,23-24H2,1-3H3. The monoisotopic (exact) mass is 741 g/mol. The van der Waals surface area contributed by atoms with Gasteiger partial charge in [0.1, 0.15) is 13.2 Å². The van der Waals surface area contributed by atoms with Crippen molar-refractivity contribution < 1.29 is 33.5 Å². The zero-order valence-corrected chi connectivity index (χ0v) is 30.7.